The molecule has 8 nitrogen and oxygen atoms in total. The zero-order chi connectivity index (χ0) is 19.4. The van der Waals surface area contributed by atoms with Gasteiger partial charge < -0.3 is 9.72 Å². The number of aromatic nitrogens is 2. The van der Waals surface area contributed by atoms with Crippen LogP contribution in [0.3, 0.4) is 0 Å². The summed E-state index contributed by atoms with van der Waals surface area (Å²) in [5, 5.41) is 0.460. The van der Waals surface area contributed by atoms with E-state index in [0.717, 1.165) is 5.69 Å². The molecule has 2 aromatic rings. The Balaban J connectivity index is 1.81. The van der Waals surface area contributed by atoms with Gasteiger partial charge in [0.2, 0.25) is 10.0 Å². The van der Waals surface area contributed by atoms with Crippen LogP contribution in [-0.2, 0) is 26.1 Å². The minimum absolute atomic E-state index is 0.0220. The van der Waals surface area contributed by atoms with E-state index in [9.17, 15) is 13.2 Å². The fraction of sp³-hybridized carbons (Fsp3) is 0.412. The Hall–Kier alpha value is -1.94. The molecule has 0 amide bonds. The molecule has 1 aliphatic heterocycles. The number of aromatic amines is 1. The molecule has 0 saturated carbocycles. The van der Waals surface area contributed by atoms with E-state index in [2.05, 4.69) is 9.97 Å². The number of halogens is 1. The third kappa shape index (κ3) is 4.49. The van der Waals surface area contributed by atoms with Crippen molar-refractivity contribution >= 4 is 27.6 Å². The summed E-state index contributed by atoms with van der Waals surface area (Å²) in [6.07, 6.45) is 3.31. The number of hydrogen-bond donors (Lipinski definition) is 1. The number of benzene rings is 1. The number of carbonyl (C=O) groups is 1. The summed E-state index contributed by atoms with van der Waals surface area (Å²) in [5.74, 6) is -0.441. The monoisotopic (exact) mass is 412 g/mol. The van der Waals surface area contributed by atoms with Gasteiger partial charge in [0.25, 0.3) is 0 Å². The number of sulfonamides is 1. The van der Waals surface area contributed by atoms with Crippen LogP contribution >= 0.6 is 11.6 Å². The van der Waals surface area contributed by atoms with Gasteiger partial charge in [-0.1, -0.05) is 11.6 Å². The van der Waals surface area contributed by atoms with E-state index in [1.54, 1.807) is 19.4 Å². The number of carbonyl (C=O) groups excluding carboxylic acids is 1. The van der Waals surface area contributed by atoms with Gasteiger partial charge >= 0.3 is 5.97 Å². The first-order chi connectivity index (χ1) is 12.9. The summed E-state index contributed by atoms with van der Waals surface area (Å²) < 4.78 is 32.4. The third-order valence-electron chi connectivity index (χ3n) is 4.38. The first-order valence-electron chi connectivity index (χ1n) is 8.56. The molecule has 1 saturated heterocycles. The molecule has 1 N–H and O–H groups in total. The van der Waals surface area contributed by atoms with Gasteiger partial charge in [0, 0.05) is 37.4 Å². The molecular formula is C17H21ClN4O4S. The first-order valence-corrected chi connectivity index (χ1v) is 10.4. The predicted molar refractivity (Wildman–Crippen MR) is 99.6 cm³/mol. The molecule has 1 aliphatic rings. The zero-order valence-corrected chi connectivity index (χ0v) is 16.4. The molecule has 146 valence electrons. The molecule has 1 aromatic heterocycles. The number of nitrogens with one attached hydrogen (secondary N) is 1. The average Bonchev–Trinajstić information content (AvgIpc) is 3.15. The van der Waals surface area contributed by atoms with Gasteiger partial charge in [-0.15, -0.1) is 0 Å². The summed E-state index contributed by atoms with van der Waals surface area (Å²) in [7, 11) is -3.73. The lowest BCUT2D eigenvalue weighted by Gasteiger charge is -2.38. The van der Waals surface area contributed by atoms with Crippen LogP contribution in [0.25, 0.3) is 0 Å². The number of hydrogen-bond acceptors (Lipinski definition) is 6. The Kier molecular flexibility index (Phi) is 6.15. The Bertz CT molecular complexity index is 871. The molecule has 1 fully saturated rings. The molecule has 1 aromatic carbocycles. The number of rotatable bonds is 6. The van der Waals surface area contributed by atoms with Crippen molar-refractivity contribution in [3.8, 4) is 0 Å². The molecule has 0 aliphatic carbocycles. The van der Waals surface area contributed by atoms with Crippen molar-refractivity contribution in [3.63, 3.8) is 0 Å². The van der Waals surface area contributed by atoms with E-state index in [0.29, 0.717) is 18.1 Å². The van der Waals surface area contributed by atoms with E-state index in [1.165, 1.54) is 28.6 Å². The molecule has 1 atom stereocenters. The van der Waals surface area contributed by atoms with Crippen LogP contribution in [0.1, 0.15) is 12.6 Å². The van der Waals surface area contributed by atoms with Crippen molar-refractivity contribution < 1.29 is 17.9 Å². The van der Waals surface area contributed by atoms with Crippen LogP contribution in [0.5, 0.6) is 0 Å². The van der Waals surface area contributed by atoms with E-state index >= 15 is 0 Å². The summed E-state index contributed by atoms with van der Waals surface area (Å²) in [6, 6.07) is 5.30. The molecule has 1 unspecified atom stereocenters. The second-order valence-electron chi connectivity index (χ2n) is 6.12. The first kappa shape index (κ1) is 19.8. The van der Waals surface area contributed by atoms with Gasteiger partial charge in [0.05, 0.1) is 23.5 Å². The van der Waals surface area contributed by atoms with Crippen LogP contribution < -0.4 is 0 Å². The number of imidazole rings is 1. The van der Waals surface area contributed by atoms with E-state index in [1.807, 2.05) is 4.90 Å². The Morgan fingerprint density at radius 2 is 2.07 bits per heavy atom. The highest BCUT2D eigenvalue weighted by Crippen LogP contribution is 2.23. The van der Waals surface area contributed by atoms with Crippen molar-refractivity contribution in [1.82, 2.24) is 19.2 Å². The van der Waals surface area contributed by atoms with E-state index in [4.69, 9.17) is 16.3 Å². The predicted octanol–water partition coefficient (Wildman–Crippen LogP) is 1.50. The molecule has 2 heterocycles. The van der Waals surface area contributed by atoms with Gasteiger partial charge in [-0.05, 0) is 31.2 Å². The van der Waals surface area contributed by atoms with Gasteiger partial charge in [-0.3, -0.25) is 9.69 Å². The molecule has 0 bridgehead atoms. The minimum atomic E-state index is -3.73. The summed E-state index contributed by atoms with van der Waals surface area (Å²) >= 11 is 5.85. The van der Waals surface area contributed by atoms with Gasteiger partial charge in [-0.25, -0.2) is 13.4 Å². The standard InChI is InChI=1S/C17H21ClN4O4S/c1-2-26-17(23)16-11-22(8-7-21(16)10-14-9-19-12-20-14)27(24,25)15-5-3-13(18)4-6-15/h3-6,9,12,16H,2,7-8,10-11H2,1H3,(H,19,20). The molecular weight excluding hydrogens is 392 g/mol. The van der Waals surface area contributed by atoms with Gasteiger partial charge in [0.1, 0.15) is 6.04 Å². The van der Waals surface area contributed by atoms with Crippen LogP contribution in [0, 0.1) is 0 Å². The third-order valence-corrected chi connectivity index (χ3v) is 6.52. The van der Waals surface area contributed by atoms with E-state index in [-0.39, 0.29) is 24.6 Å². The van der Waals surface area contributed by atoms with Crippen molar-refractivity contribution in [3.05, 3.63) is 47.5 Å². The normalized spacial score (nSPS) is 19.1. The largest absolute Gasteiger partial charge is 0.465 e. The van der Waals surface area contributed by atoms with Crippen LogP contribution in [0.2, 0.25) is 5.02 Å². The highest BCUT2D eigenvalue weighted by Gasteiger charge is 2.38. The smallest absolute Gasteiger partial charge is 0.324 e. The fourth-order valence-electron chi connectivity index (χ4n) is 3.01. The summed E-state index contributed by atoms with van der Waals surface area (Å²) in [4.78, 5) is 21.6. The fourth-order valence-corrected chi connectivity index (χ4v) is 4.57. The topological polar surface area (TPSA) is 95.6 Å². The second-order valence-corrected chi connectivity index (χ2v) is 8.49. The zero-order valence-electron chi connectivity index (χ0n) is 14.8. The number of esters is 1. The average molecular weight is 413 g/mol. The van der Waals surface area contributed by atoms with Crippen LogP contribution in [-0.4, -0.2) is 65.8 Å². The maximum atomic E-state index is 12.9. The lowest BCUT2D eigenvalue weighted by molar-refractivity contribution is -0.151. The quantitative estimate of drug-likeness (QED) is 0.722. The number of nitrogens with zero attached hydrogens (tertiary/aromatic N) is 3. The Morgan fingerprint density at radius 1 is 1.33 bits per heavy atom. The van der Waals surface area contributed by atoms with Crippen molar-refractivity contribution in [1.29, 1.82) is 0 Å². The maximum absolute atomic E-state index is 12.9. The van der Waals surface area contributed by atoms with Crippen LogP contribution in [0.15, 0.2) is 41.7 Å². The van der Waals surface area contributed by atoms with Crippen LogP contribution in [0.4, 0.5) is 0 Å². The minimum Gasteiger partial charge on any atom is -0.465 e. The molecule has 0 spiro atoms. The number of piperazine rings is 1. The maximum Gasteiger partial charge on any atom is 0.324 e. The summed E-state index contributed by atoms with van der Waals surface area (Å²) in [6.45, 7) is 3.07. The SMILES string of the molecule is CCOC(=O)C1CN(S(=O)(=O)c2ccc(Cl)cc2)CCN1Cc1c[nH]cn1. The number of H-pyrrole nitrogens is 1. The molecule has 27 heavy (non-hydrogen) atoms. The Labute approximate surface area is 163 Å². The van der Waals surface area contributed by atoms with Crippen molar-refractivity contribution in [2.75, 3.05) is 26.2 Å². The van der Waals surface area contributed by atoms with Crippen molar-refractivity contribution in [2.24, 2.45) is 0 Å². The van der Waals surface area contributed by atoms with Crippen molar-refractivity contribution in [2.45, 2.75) is 24.4 Å². The second kappa shape index (κ2) is 8.39. The molecule has 3 rings (SSSR count). The van der Waals surface area contributed by atoms with E-state index < -0.39 is 22.0 Å². The summed E-state index contributed by atoms with van der Waals surface area (Å²) in [5.41, 5.74) is 0.776. The lowest BCUT2D eigenvalue weighted by atomic mass is 10.2. The lowest BCUT2D eigenvalue weighted by Crippen LogP contribution is -2.57. The highest BCUT2D eigenvalue weighted by molar-refractivity contribution is 7.89. The number of ether oxygens (including phenoxy) is 1. The molecule has 10 heteroatoms. The van der Waals surface area contributed by atoms with Gasteiger partial charge in [0.15, 0.2) is 0 Å². The highest BCUT2D eigenvalue weighted by atomic mass is 35.5. The molecule has 0 radical (unpaired) electrons. The van der Waals surface area contributed by atoms with Gasteiger partial charge in [-0.2, -0.15) is 4.31 Å². The Morgan fingerprint density at radius 3 is 2.70 bits per heavy atom.